The van der Waals surface area contributed by atoms with Crippen molar-refractivity contribution >= 4 is 21.8 Å². The highest BCUT2D eigenvalue weighted by Crippen LogP contribution is 2.14. The molecule has 0 amide bonds. The molecule has 0 aliphatic carbocycles. The van der Waals surface area contributed by atoms with E-state index in [-0.39, 0.29) is 0 Å². The minimum atomic E-state index is -3.39. The van der Waals surface area contributed by atoms with Gasteiger partial charge in [0.1, 0.15) is 0 Å². The van der Waals surface area contributed by atoms with E-state index in [0.717, 1.165) is 12.1 Å². The zero-order valence-corrected chi connectivity index (χ0v) is 13.6. The average molecular weight is 305 g/mol. The van der Waals surface area contributed by atoms with Crippen LogP contribution in [0, 0.1) is 0 Å². The Balaban J connectivity index is 2.69. The summed E-state index contributed by atoms with van der Waals surface area (Å²) in [4.78, 5) is 0.331. The van der Waals surface area contributed by atoms with Crippen molar-refractivity contribution < 1.29 is 8.42 Å². The lowest BCUT2D eigenvalue weighted by Gasteiger charge is -2.08. The maximum atomic E-state index is 12.1. The predicted octanol–water partition coefficient (Wildman–Crippen LogP) is 1.16. The van der Waals surface area contributed by atoms with Crippen LogP contribution in [0.2, 0.25) is 0 Å². The molecule has 19 heavy (non-hydrogen) atoms. The molecule has 0 radical (unpaired) electrons. The van der Waals surface area contributed by atoms with E-state index in [1.54, 1.807) is 24.0 Å². The standard InChI is InChI=1S/C12H23N3O2S2/c1-10(18-4)5-6-14-19(16,17)12-7-11(8-13-2)15(3)9-12/h7,9-10,13-14H,5-6,8H2,1-4H3. The fourth-order valence-electron chi connectivity index (χ4n) is 1.68. The average Bonchev–Trinajstić information content (AvgIpc) is 2.72. The fraction of sp³-hybridized carbons (Fsp3) is 0.667. The maximum Gasteiger partial charge on any atom is 0.242 e. The lowest BCUT2D eigenvalue weighted by molar-refractivity contribution is 0.579. The summed E-state index contributed by atoms with van der Waals surface area (Å²) in [6.45, 7) is 3.21. The molecule has 0 fully saturated rings. The molecule has 1 atom stereocenters. The monoisotopic (exact) mass is 305 g/mol. The van der Waals surface area contributed by atoms with Gasteiger partial charge in [0.2, 0.25) is 10.0 Å². The number of thioether (sulfide) groups is 1. The molecule has 0 bridgehead atoms. The summed E-state index contributed by atoms with van der Waals surface area (Å²) >= 11 is 1.74. The lowest BCUT2D eigenvalue weighted by Crippen LogP contribution is -2.26. The van der Waals surface area contributed by atoms with Crippen molar-refractivity contribution in [1.82, 2.24) is 14.6 Å². The summed E-state index contributed by atoms with van der Waals surface area (Å²) in [5.41, 5.74) is 0.945. The Bertz CT molecular complexity index is 497. The number of aromatic nitrogens is 1. The van der Waals surface area contributed by atoms with Gasteiger partial charge in [-0.1, -0.05) is 6.92 Å². The molecule has 0 aromatic carbocycles. The number of nitrogens with zero attached hydrogens (tertiary/aromatic N) is 1. The molecule has 5 nitrogen and oxygen atoms in total. The Kier molecular flexibility index (Phi) is 6.38. The van der Waals surface area contributed by atoms with Crippen LogP contribution in [-0.2, 0) is 23.6 Å². The van der Waals surface area contributed by atoms with Gasteiger partial charge in [-0.05, 0) is 25.8 Å². The summed E-state index contributed by atoms with van der Waals surface area (Å²) in [5, 5.41) is 3.47. The predicted molar refractivity (Wildman–Crippen MR) is 81.0 cm³/mol. The highest BCUT2D eigenvalue weighted by atomic mass is 32.2. The zero-order valence-electron chi connectivity index (χ0n) is 11.9. The minimum Gasteiger partial charge on any atom is -0.352 e. The van der Waals surface area contributed by atoms with Crippen molar-refractivity contribution in [2.75, 3.05) is 19.8 Å². The summed E-state index contributed by atoms with van der Waals surface area (Å²) < 4.78 is 28.7. The molecule has 0 spiro atoms. The summed E-state index contributed by atoms with van der Waals surface area (Å²) in [6.07, 6.45) is 4.50. The molecule has 0 aliphatic rings. The lowest BCUT2D eigenvalue weighted by atomic mass is 10.3. The van der Waals surface area contributed by atoms with E-state index in [1.165, 1.54) is 0 Å². The van der Waals surface area contributed by atoms with Gasteiger partial charge >= 0.3 is 0 Å². The second kappa shape index (κ2) is 7.33. The molecule has 1 rings (SSSR count). The van der Waals surface area contributed by atoms with E-state index in [1.807, 2.05) is 24.9 Å². The van der Waals surface area contributed by atoms with Gasteiger partial charge in [-0.25, -0.2) is 13.1 Å². The Labute approximate surface area is 120 Å². The van der Waals surface area contributed by atoms with Crippen molar-refractivity contribution in [2.24, 2.45) is 7.05 Å². The number of hydrogen-bond acceptors (Lipinski definition) is 4. The van der Waals surface area contributed by atoms with E-state index < -0.39 is 10.0 Å². The first kappa shape index (κ1) is 16.6. The summed E-state index contributed by atoms with van der Waals surface area (Å²) in [5.74, 6) is 0. The Hall–Kier alpha value is -0.500. The Morgan fingerprint density at radius 1 is 1.47 bits per heavy atom. The number of sulfonamides is 1. The quantitative estimate of drug-likeness (QED) is 0.757. The Morgan fingerprint density at radius 2 is 2.16 bits per heavy atom. The topological polar surface area (TPSA) is 63.1 Å². The normalized spacial score (nSPS) is 13.7. The summed E-state index contributed by atoms with van der Waals surface area (Å²) in [7, 11) is 0.293. The van der Waals surface area contributed by atoms with E-state index in [4.69, 9.17) is 0 Å². The van der Waals surface area contributed by atoms with Crippen LogP contribution in [0.3, 0.4) is 0 Å². The number of hydrogen-bond donors (Lipinski definition) is 2. The van der Waals surface area contributed by atoms with Crippen molar-refractivity contribution in [1.29, 1.82) is 0 Å². The van der Waals surface area contributed by atoms with Crippen molar-refractivity contribution in [3.8, 4) is 0 Å². The largest absolute Gasteiger partial charge is 0.352 e. The smallest absolute Gasteiger partial charge is 0.242 e. The number of nitrogens with one attached hydrogen (secondary N) is 2. The van der Waals surface area contributed by atoms with E-state index >= 15 is 0 Å². The molecule has 0 saturated carbocycles. The van der Waals surface area contributed by atoms with E-state index in [2.05, 4.69) is 17.0 Å². The van der Waals surface area contributed by atoms with Gasteiger partial charge in [0.05, 0.1) is 4.90 Å². The highest BCUT2D eigenvalue weighted by Gasteiger charge is 2.17. The van der Waals surface area contributed by atoms with E-state index in [9.17, 15) is 8.42 Å². The van der Waals surface area contributed by atoms with Crippen LogP contribution in [0.5, 0.6) is 0 Å². The number of rotatable bonds is 8. The van der Waals surface area contributed by atoms with Crippen LogP contribution in [0.25, 0.3) is 0 Å². The highest BCUT2D eigenvalue weighted by molar-refractivity contribution is 7.99. The summed E-state index contributed by atoms with van der Waals surface area (Å²) in [6, 6.07) is 1.71. The first-order valence-electron chi connectivity index (χ1n) is 6.23. The van der Waals surface area contributed by atoms with Gasteiger partial charge < -0.3 is 9.88 Å². The second-order valence-corrected chi connectivity index (χ2v) is 7.58. The molecule has 1 unspecified atom stereocenters. The van der Waals surface area contributed by atoms with Crippen LogP contribution >= 0.6 is 11.8 Å². The van der Waals surface area contributed by atoms with Gasteiger partial charge in [0, 0.05) is 37.3 Å². The van der Waals surface area contributed by atoms with Crippen LogP contribution in [0.1, 0.15) is 19.0 Å². The third kappa shape index (κ3) is 4.83. The van der Waals surface area contributed by atoms with Gasteiger partial charge in [-0.3, -0.25) is 0 Å². The van der Waals surface area contributed by atoms with Gasteiger partial charge in [0.15, 0.2) is 0 Å². The molecule has 1 aromatic rings. The van der Waals surface area contributed by atoms with Crippen molar-refractivity contribution in [3.63, 3.8) is 0 Å². The Morgan fingerprint density at radius 3 is 2.74 bits per heavy atom. The molecule has 1 heterocycles. The van der Waals surface area contributed by atoms with E-state index in [0.29, 0.717) is 23.2 Å². The fourth-order valence-corrected chi connectivity index (χ4v) is 3.17. The van der Waals surface area contributed by atoms with Crippen molar-refractivity contribution in [2.45, 2.75) is 30.0 Å². The van der Waals surface area contributed by atoms with Gasteiger partial charge in [-0.15, -0.1) is 0 Å². The molecule has 0 saturated heterocycles. The van der Waals surface area contributed by atoms with Crippen LogP contribution in [-0.4, -0.2) is 38.1 Å². The van der Waals surface area contributed by atoms with Crippen molar-refractivity contribution in [3.05, 3.63) is 18.0 Å². The van der Waals surface area contributed by atoms with Crippen LogP contribution in [0.15, 0.2) is 17.2 Å². The third-order valence-electron chi connectivity index (χ3n) is 3.00. The van der Waals surface area contributed by atoms with Crippen LogP contribution < -0.4 is 10.0 Å². The number of aryl methyl sites for hydroxylation is 1. The molecular weight excluding hydrogens is 282 g/mol. The first-order valence-corrected chi connectivity index (χ1v) is 9.00. The van der Waals surface area contributed by atoms with Gasteiger partial charge in [0.25, 0.3) is 0 Å². The minimum absolute atomic E-state index is 0.331. The second-order valence-electron chi connectivity index (χ2n) is 4.54. The zero-order chi connectivity index (χ0) is 14.5. The maximum absolute atomic E-state index is 12.1. The molecule has 7 heteroatoms. The molecule has 110 valence electrons. The van der Waals surface area contributed by atoms with Gasteiger partial charge in [-0.2, -0.15) is 11.8 Å². The molecular formula is C12H23N3O2S2. The molecule has 2 N–H and O–H groups in total. The van der Waals surface area contributed by atoms with Crippen LogP contribution in [0.4, 0.5) is 0 Å². The SMILES string of the molecule is CNCc1cc(S(=O)(=O)NCCC(C)SC)cn1C. The first-order chi connectivity index (χ1) is 8.90. The molecule has 0 aliphatic heterocycles. The molecule has 1 aromatic heterocycles. The third-order valence-corrected chi connectivity index (χ3v) is 5.46.